The minimum absolute atomic E-state index is 0.684. The van der Waals surface area contributed by atoms with Gasteiger partial charge in [-0.3, -0.25) is 4.98 Å². The van der Waals surface area contributed by atoms with Crippen LogP contribution < -0.4 is 15.4 Å². The molecule has 2 N–H and O–H groups in total. The molecule has 0 amide bonds. The van der Waals surface area contributed by atoms with Crippen molar-refractivity contribution >= 4 is 16.5 Å². The number of pyridine rings is 1. The lowest BCUT2D eigenvalue weighted by Crippen LogP contribution is -2.11. The molecule has 0 bridgehead atoms. The molecule has 4 aromatic rings. The van der Waals surface area contributed by atoms with Gasteiger partial charge in [-0.25, -0.2) is 0 Å². The monoisotopic (exact) mass is 421 g/mol. The van der Waals surface area contributed by atoms with Crippen LogP contribution in [0.5, 0.6) is 5.75 Å². The van der Waals surface area contributed by atoms with Gasteiger partial charge in [0.25, 0.3) is 0 Å². The van der Waals surface area contributed by atoms with Crippen LogP contribution in [0, 0.1) is 0 Å². The summed E-state index contributed by atoms with van der Waals surface area (Å²) in [6.45, 7) is 5.74. The molecule has 3 aromatic carbocycles. The summed E-state index contributed by atoms with van der Waals surface area (Å²) >= 11 is 0. The third-order valence-electron chi connectivity index (χ3n) is 5.41. The van der Waals surface area contributed by atoms with Crippen LogP contribution in [0.4, 0.5) is 5.69 Å². The van der Waals surface area contributed by atoms with Crippen molar-refractivity contribution in [2.24, 2.45) is 5.73 Å². The van der Waals surface area contributed by atoms with Gasteiger partial charge in [0, 0.05) is 36.1 Å². The summed E-state index contributed by atoms with van der Waals surface area (Å²) < 4.78 is 5.71. The van der Waals surface area contributed by atoms with E-state index in [2.05, 4.69) is 72.2 Å². The molecule has 4 heteroatoms. The Morgan fingerprint density at radius 2 is 1.84 bits per heavy atom. The Morgan fingerprint density at radius 3 is 2.56 bits per heavy atom. The average molecular weight is 422 g/mol. The zero-order chi connectivity index (χ0) is 22.5. The molecule has 32 heavy (non-hydrogen) atoms. The lowest BCUT2D eigenvalue weighted by Gasteiger charge is -2.20. The number of methoxy groups -OCH3 is 1. The zero-order valence-electron chi connectivity index (χ0n) is 18.5. The predicted molar refractivity (Wildman–Crippen MR) is 134 cm³/mol. The quantitative estimate of drug-likeness (QED) is 0.382. The van der Waals surface area contributed by atoms with E-state index in [-0.39, 0.29) is 0 Å². The van der Waals surface area contributed by atoms with E-state index >= 15 is 0 Å². The van der Waals surface area contributed by atoms with Crippen molar-refractivity contribution in [1.82, 2.24) is 4.98 Å². The smallest absolute Gasteiger partial charge is 0.143 e. The van der Waals surface area contributed by atoms with E-state index in [0.717, 1.165) is 40.1 Å². The van der Waals surface area contributed by atoms with Crippen molar-refractivity contribution in [3.05, 3.63) is 115 Å². The largest absolute Gasteiger partial charge is 0.495 e. The van der Waals surface area contributed by atoms with Crippen LogP contribution in [-0.2, 0) is 6.42 Å². The van der Waals surface area contributed by atoms with Crippen molar-refractivity contribution in [3.63, 3.8) is 0 Å². The van der Waals surface area contributed by atoms with Crippen LogP contribution in [0.15, 0.2) is 104 Å². The number of aromatic nitrogens is 1. The number of benzene rings is 3. The zero-order valence-corrected chi connectivity index (χ0v) is 18.5. The molecule has 0 aliphatic heterocycles. The number of anilines is 1. The number of fused-ring (bicyclic) bond motifs is 1. The molecule has 1 aromatic heterocycles. The summed E-state index contributed by atoms with van der Waals surface area (Å²) in [6, 6.07) is 25.1. The minimum atomic E-state index is 0.684. The van der Waals surface area contributed by atoms with Gasteiger partial charge in [0.15, 0.2) is 0 Å². The summed E-state index contributed by atoms with van der Waals surface area (Å²) in [4.78, 5) is 6.55. The summed E-state index contributed by atoms with van der Waals surface area (Å²) in [5.41, 5.74) is 12.0. The van der Waals surface area contributed by atoms with Crippen molar-refractivity contribution < 1.29 is 4.74 Å². The first-order chi connectivity index (χ1) is 15.6. The topological polar surface area (TPSA) is 51.4 Å². The van der Waals surface area contributed by atoms with Crippen LogP contribution in [0.3, 0.4) is 0 Å². The molecule has 160 valence electrons. The Morgan fingerprint density at radius 1 is 1.03 bits per heavy atom. The van der Waals surface area contributed by atoms with Gasteiger partial charge in [-0.1, -0.05) is 61.2 Å². The van der Waals surface area contributed by atoms with E-state index in [0.29, 0.717) is 5.70 Å². The highest BCUT2D eigenvalue weighted by Gasteiger charge is 2.13. The second-order valence-corrected chi connectivity index (χ2v) is 7.67. The van der Waals surface area contributed by atoms with E-state index in [1.165, 1.54) is 10.9 Å². The number of nitrogens with zero attached hydrogens (tertiary/aromatic N) is 2. The number of rotatable bonds is 7. The Hall–Kier alpha value is -4.05. The van der Waals surface area contributed by atoms with E-state index in [1.807, 2.05) is 36.4 Å². The lowest BCUT2D eigenvalue weighted by atomic mass is 9.96. The van der Waals surface area contributed by atoms with Gasteiger partial charge >= 0.3 is 0 Å². The van der Waals surface area contributed by atoms with Gasteiger partial charge in [0.2, 0.25) is 0 Å². The van der Waals surface area contributed by atoms with E-state index < -0.39 is 0 Å². The molecule has 0 unspecified atom stereocenters. The molecule has 0 fully saturated rings. The van der Waals surface area contributed by atoms with Crippen LogP contribution in [0.1, 0.15) is 18.2 Å². The summed E-state index contributed by atoms with van der Waals surface area (Å²) in [5, 5.41) is 2.33. The van der Waals surface area contributed by atoms with Gasteiger partial charge in [-0.15, -0.1) is 0 Å². The summed E-state index contributed by atoms with van der Waals surface area (Å²) in [7, 11) is 1.67. The highest BCUT2D eigenvalue weighted by atomic mass is 16.5. The summed E-state index contributed by atoms with van der Waals surface area (Å²) in [5.74, 6) is 0.746. The first-order valence-corrected chi connectivity index (χ1v) is 10.5. The first kappa shape index (κ1) is 21.2. The standard InChI is InChI=1S/C28H27N3O/c1-4-31(19-20(2)29)27-14-13-22(18-28(27)32-3)23-11-8-12-25-24(23)15-16-30-26(25)17-21-9-6-5-7-10-21/h4-16,18-19H,1,17,29H2,2-3H3/b20-19-. The molecule has 0 aliphatic carbocycles. The number of nitrogens with two attached hydrogens (primary N) is 1. The molecule has 0 atom stereocenters. The Labute approximate surface area is 189 Å². The third kappa shape index (κ3) is 4.35. The number of allylic oxidation sites excluding steroid dienone is 1. The fraction of sp³-hybridized carbons (Fsp3) is 0.107. The van der Waals surface area contributed by atoms with Gasteiger partial charge in [0.1, 0.15) is 5.75 Å². The molecule has 0 spiro atoms. The van der Waals surface area contributed by atoms with Gasteiger partial charge in [-0.2, -0.15) is 0 Å². The second-order valence-electron chi connectivity index (χ2n) is 7.67. The molecular formula is C28H27N3O. The minimum Gasteiger partial charge on any atom is -0.495 e. The number of hydrogen-bond acceptors (Lipinski definition) is 4. The predicted octanol–water partition coefficient (Wildman–Crippen LogP) is 6.27. The number of hydrogen-bond donors (Lipinski definition) is 1. The highest BCUT2D eigenvalue weighted by molar-refractivity contribution is 5.98. The lowest BCUT2D eigenvalue weighted by molar-refractivity contribution is 0.416. The SMILES string of the molecule is C=CN(/C=C(/C)N)c1ccc(-c2cccc3c(Cc4ccccc4)nccc23)cc1OC. The Bertz CT molecular complexity index is 1270. The molecule has 0 saturated carbocycles. The molecule has 0 radical (unpaired) electrons. The van der Waals surface area contributed by atoms with E-state index in [9.17, 15) is 0 Å². The Balaban J connectivity index is 1.79. The highest BCUT2D eigenvalue weighted by Crippen LogP contribution is 2.37. The first-order valence-electron chi connectivity index (χ1n) is 10.5. The van der Waals surface area contributed by atoms with Crippen molar-refractivity contribution in [1.29, 1.82) is 0 Å². The molecular weight excluding hydrogens is 394 g/mol. The fourth-order valence-electron chi connectivity index (χ4n) is 3.95. The van der Waals surface area contributed by atoms with Crippen LogP contribution in [0.2, 0.25) is 0 Å². The maximum atomic E-state index is 5.88. The van der Waals surface area contributed by atoms with Gasteiger partial charge in [-0.05, 0) is 47.2 Å². The molecule has 0 saturated heterocycles. The second kappa shape index (κ2) is 9.40. The molecule has 1 heterocycles. The maximum Gasteiger partial charge on any atom is 0.143 e. The fourth-order valence-corrected chi connectivity index (χ4v) is 3.95. The van der Waals surface area contributed by atoms with E-state index in [1.54, 1.807) is 13.3 Å². The summed E-state index contributed by atoms with van der Waals surface area (Å²) in [6.07, 6.45) is 6.23. The van der Waals surface area contributed by atoms with Gasteiger partial charge < -0.3 is 15.4 Å². The molecule has 0 aliphatic rings. The number of ether oxygens (including phenoxy) is 1. The van der Waals surface area contributed by atoms with Crippen molar-refractivity contribution in [3.8, 4) is 16.9 Å². The average Bonchev–Trinajstić information content (AvgIpc) is 2.82. The van der Waals surface area contributed by atoms with E-state index in [4.69, 9.17) is 10.5 Å². The van der Waals surface area contributed by atoms with Crippen molar-refractivity contribution in [2.45, 2.75) is 13.3 Å². The van der Waals surface area contributed by atoms with Gasteiger partial charge in [0.05, 0.1) is 18.5 Å². The molecule has 4 nitrogen and oxygen atoms in total. The third-order valence-corrected chi connectivity index (χ3v) is 5.41. The Kier molecular flexibility index (Phi) is 6.22. The van der Waals surface area contributed by atoms with Crippen LogP contribution >= 0.6 is 0 Å². The van der Waals surface area contributed by atoms with Crippen LogP contribution in [-0.4, -0.2) is 12.1 Å². The van der Waals surface area contributed by atoms with Crippen molar-refractivity contribution in [2.75, 3.05) is 12.0 Å². The molecule has 4 rings (SSSR count). The normalized spacial score (nSPS) is 11.4. The van der Waals surface area contributed by atoms with Crippen LogP contribution in [0.25, 0.3) is 21.9 Å². The maximum absolute atomic E-state index is 5.88.